The molecule has 0 heterocycles. The molecule has 0 radical (unpaired) electrons. The molecule has 0 aromatic heterocycles. The van der Waals surface area contributed by atoms with Crippen molar-refractivity contribution in [2.45, 2.75) is 18.9 Å². The van der Waals surface area contributed by atoms with Gasteiger partial charge in [-0.3, -0.25) is 0 Å². The standard InChI is InChI=1S/C11H12ClFO/c1-2-3-10(14)6-8-4-5-9(12)7-11(8)13/h2,4-5,7,10,14H,1,3,6H2. The van der Waals surface area contributed by atoms with Crippen LogP contribution in [0.15, 0.2) is 30.9 Å². The molecule has 0 fully saturated rings. The van der Waals surface area contributed by atoms with Crippen LogP contribution in [0.4, 0.5) is 4.39 Å². The lowest BCUT2D eigenvalue weighted by Gasteiger charge is -2.08. The van der Waals surface area contributed by atoms with Gasteiger partial charge in [0.05, 0.1) is 6.10 Å². The van der Waals surface area contributed by atoms with Gasteiger partial charge >= 0.3 is 0 Å². The first-order valence-corrected chi connectivity index (χ1v) is 4.74. The summed E-state index contributed by atoms with van der Waals surface area (Å²) in [6.45, 7) is 3.50. The van der Waals surface area contributed by atoms with E-state index in [4.69, 9.17) is 11.6 Å². The van der Waals surface area contributed by atoms with Crippen molar-refractivity contribution in [3.63, 3.8) is 0 Å². The first-order valence-electron chi connectivity index (χ1n) is 4.36. The van der Waals surface area contributed by atoms with E-state index in [9.17, 15) is 9.50 Å². The van der Waals surface area contributed by atoms with Gasteiger partial charge in [-0.05, 0) is 24.1 Å². The maximum absolute atomic E-state index is 13.2. The Morgan fingerprint density at radius 3 is 2.86 bits per heavy atom. The predicted octanol–water partition coefficient (Wildman–Crippen LogP) is 2.96. The van der Waals surface area contributed by atoms with Gasteiger partial charge in [0.25, 0.3) is 0 Å². The summed E-state index contributed by atoms with van der Waals surface area (Å²) in [5.41, 5.74) is 0.476. The summed E-state index contributed by atoms with van der Waals surface area (Å²) in [7, 11) is 0. The van der Waals surface area contributed by atoms with E-state index in [2.05, 4.69) is 6.58 Å². The molecule has 0 amide bonds. The Morgan fingerprint density at radius 2 is 2.29 bits per heavy atom. The number of benzene rings is 1. The summed E-state index contributed by atoms with van der Waals surface area (Å²) in [5.74, 6) is -0.374. The number of aliphatic hydroxyl groups is 1. The van der Waals surface area contributed by atoms with Crippen molar-refractivity contribution in [2.75, 3.05) is 0 Å². The van der Waals surface area contributed by atoms with Gasteiger partial charge in [0.2, 0.25) is 0 Å². The second kappa shape index (κ2) is 5.13. The lowest BCUT2D eigenvalue weighted by Crippen LogP contribution is -2.10. The molecule has 0 aliphatic rings. The minimum atomic E-state index is -0.580. The Hall–Kier alpha value is -0.860. The molecule has 1 atom stereocenters. The van der Waals surface area contributed by atoms with Gasteiger partial charge in [-0.15, -0.1) is 6.58 Å². The highest BCUT2D eigenvalue weighted by Gasteiger charge is 2.08. The molecular formula is C11H12ClFO. The Labute approximate surface area is 87.8 Å². The van der Waals surface area contributed by atoms with E-state index in [0.717, 1.165) is 0 Å². The average Bonchev–Trinajstić information content (AvgIpc) is 2.10. The predicted molar refractivity (Wildman–Crippen MR) is 55.9 cm³/mol. The van der Waals surface area contributed by atoms with E-state index in [-0.39, 0.29) is 12.2 Å². The molecule has 0 aliphatic heterocycles. The average molecular weight is 215 g/mol. The van der Waals surface area contributed by atoms with Gasteiger partial charge in [-0.1, -0.05) is 23.7 Å². The van der Waals surface area contributed by atoms with Crippen molar-refractivity contribution in [3.05, 3.63) is 47.3 Å². The van der Waals surface area contributed by atoms with Crippen molar-refractivity contribution >= 4 is 11.6 Å². The van der Waals surface area contributed by atoms with Crippen molar-refractivity contribution in [1.29, 1.82) is 0 Å². The minimum absolute atomic E-state index is 0.287. The molecule has 0 aliphatic carbocycles. The Kier molecular flexibility index (Phi) is 4.11. The van der Waals surface area contributed by atoms with E-state index in [1.165, 1.54) is 6.07 Å². The second-order valence-electron chi connectivity index (χ2n) is 3.12. The van der Waals surface area contributed by atoms with Gasteiger partial charge in [0.1, 0.15) is 5.82 Å². The van der Waals surface area contributed by atoms with Gasteiger partial charge in [-0.2, -0.15) is 0 Å². The van der Waals surface area contributed by atoms with Crippen LogP contribution < -0.4 is 0 Å². The quantitative estimate of drug-likeness (QED) is 0.765. The number of halogens is 2. The molecule has 14 heavy (non-hydrogen) atoms. The zero-order chi connectivity index (χ0) is 10.6. The first kappa shape index (κ1) is 11.2. The van der Waals surface area contributed by atoms with Crippen molar-refractivity contribution < 1.29 is 9.50 Å². The van der Waals surface area contributed by atoms with Crippen LogP contribution >= 0.6 is 11.6 Å². The SMILES string of the molecule is C=CCC(O)Cc1ccc(Cl)cc1F. The lowest BCUT2D eigenvalue weighted by atomic mass is 10.1. The summed E-state index contributed by atoms with van der Waals surface area (Å²) in [6.07, 6.45) is 1.78. The smallest absolute Gasteiger partial charge is 0.127 e. The molecule has 1 rings (SSSR count). The molecule has 0 bridgehead atoms. The molecule has 1 aromatic carbocycles. The molecule has 3 heteroatoms. The Morgan fingerprint density at radius 1 is 1.57 bits per heavy atom. The molecule has 1 N–H and O–H groups in total. The fraction of sp³-hybridized carbons (Fsp3) is 0.273. The third-order valence-electron chi connectivity index (χ3n) is 1.91. The van der Waals surface area contributed by atoms with Crippen LogP contribution in [-0.4, -0.2) is 11.2 Å². The normalized spacial score (nSPS) is 12.5. The van der Waals surface area contributed by atoms with Gasteiger partial charge in [0.15, 0.2) is 0 Å². The van der Waals surface area contributed by atoms with Crippen molar-refractivity contribution in [3.8, 4) is 0 Å². The van der Waals surface area contributed by atoms with Crippen LogP contribution in [-0.2, 0) is 6.42 Å². The summed E-state index contributed by atoms with van der Waals surface area (Å²) in [4.78, 5) is 0. The molecular weight excluding hydrogens is 203 g/mol. The van der Waals surface area contributed by atoms with Crippen molar-refractivity contribution in [2.24, 2.45) is 0 Å². The van der Waals surface area contributed by atoms with Crippen LogP contribution in [0.3, 0.4) is 0 Å². The van der Waals surface area contributed by atoms with Crippen LogP contribution in [0.1, 0.15) is 12.0 Å². The van der Waals surface area contributed by atoms with E-state index < -0.39 is 6.10 Å². The molecule has 1 unspecified atom stereocenters. The number of hydrogen-bond acceptors (Lipinski definition) is 1. The highest BCUT2D eigenvalue weighted by Crippen LogP contribution is 2.16. The van der Waals surface area contributed by atoms with Gasteiger partial charge in [-0.25, -0.2) is 4.39 Å². The summed E-state index contributed by atoms with van der Waals surface area (Å²) < 4.78 is 13.2. The molecule has 0 saturated carbocycles. The monoisotopic (exact) mass is 214 g/mol. The summed E-state index contributed by atoms with van der Waals surface area (Å²) in [6, 6.07) is 4.45. The highest BCUT2D eigenvalue weighted by atomic mass is 35.5. The van der Waals surface area contributed by atoms with E-state index in [1.54, 1.807) is 18.2 Å². The Balaban J connectivity index is 2.71. The summed E-state index contributed by atoms with van der Waals surface area (Å²) in [5, 5.41) is 9.79. The molecule has 1 nitrogen and oxygen atoms in total. The zero-order valence-electron chi connectivity index (χ0n) is 7.71. The second-order valence-corrected chi connectivity index (χ2v) is 3.55. The van der Waals surface area contributed by atoms with Gasteiger partial charge in [0, 0.05) is 11.4 Å². The lowest BCUT2D eigenvalue weighted by molar-refractivity contribution is 0.177. The number of aliphatic hydroxyl groups excluding tert-OH is 1. The zero-order valence-corrected chi connectivity index (χ0v) is 8.47. The largest absolute Gasteiger partial charge is 0.392 e. The molecule has 76 valence electrons. The first-order chi connectivity index (χ1) is 6.63. The van der Waals surface area contributed by atoms with E-state index in [1.807, 2.05) is 0 Å². The fourth-order valence-corrected chi connectivity index (χ4v) is 1.38. The third kappa shape index (κ3) is 3.13. The van der Waals surface area contributed by atoms with Crippen LogP contribution in [0.5, 0.6) is 0 Å². The van der Waals surface area contributed by atoms with E-state index >= 15 is 0 Å². The number of hydrogen-bond donors (Lipinski definition) is 1. The minimum Gasteiger partial charge on any atom is -0.392 e. The van der Waals surface area contributed by atoms with Crippen LogP contribution in [0, 0.1) is 5.82 Å². The van der Waals surface area contributed by atoms with Crippen LogP contribution in [0.2, 0.25) is 5.02 Å². The molecule has 1 aromatic rings. The fourth-order valence-electron chi connectivity index (χ4n) is 1.22. The highest BCUT2D eigenvalue weighted by molar-refractivity contribution is 6.30. The van der Waals surface area contributed by atoms with E-state index in [0.29, 0.717) is 17.0 Å². The third-order valence-corrected chi connectivity index (χ3v) is 2.14. The molecule has 0 saturated heterocycles. The number of rotatable bonds is 4. The Bertz CT molecular complexity index is 325. The van der Waals surface area contributed by atoms with Crippen LogP contribution in [0.25, 0.3) is 0 Å². The molecule has 0 spiro atoms. The van der Waals surface area contributed by atoms with Gasteiger partial charge < -0.3 is 5.11 Å². The summed E-state index contributed by atoms with van der Waals surface area (Å²) >= 11 is 5.60. The van der Waals surface area contributed by atoms with Crippen molar-refractivity contribution in [1.82, 2.24) is 0 Å². The maximum Gasteiger partial charge on any atom is 0.127 e. The topological polar surface area (TPSA) is 20.2 Å². The maximum atomic E-state index is 13.2.